The normalized spacial score (nSPS) is 12.5. The predicted molar refractivity (Wildman–Crippen MR) is 119 cm³/mol. The molecule has 0 aliphatic heterocycles. The first-order chi connectivity index (χ1) is 13.0. The zero-order chi connectivity index (χ0) is 21.4. The Kier molecular flexibility index (Phi) is 9.66. The maximum atomic E-state index is 10.2. The molecule has 0 amide bonds. The topological polar surface area (TPSA) is 60.7 Å². The summed E-state index contributed by atoms with van der Waals surface area (Å²) < 4.78 is 0. The fourth-order valence-electron chi connectivity index (χ4n) is 3.56. The van der Waals surface area contributed by atoms with Gasteiger partial charge in [0.2, 0.25) is 5.75 Å². The lowest BCUT2D eigenvalue weighted by molar-refractivity contribution is 0.307. The molecule has 3 heteroatoms. The van der Waals surface area contributed by atoms with Crippen LogP contribution >= 0.6 is 0 Å². The molecular weight excluding hydrogens is 348 g/mol. The minimum absolute atomic E-state index is 0.150. The van der Waals surface area contributed by atoms with E-state index in [1.807, 2.05) is 6.07 Å². The van der Waals surface area contributed by atoms with Crippen LogP contribution in [0.5, 0.6) is 17.2 Å². The van der Waals surface area contributed by atoms with Crippen LogP contribution in [-0.4, -0.2) is 15.3 Å². The molecule has 0 fully saturated rings. The molecule has 28 heavy (non-hydrogen) atoms. The standard InChI is InChI=1S/C25H44O3/c1-7-25(5,6)17-12-9-8-10-14-19-18-20(22(27)23(28)21(19)26)15-11-13-16-24(2,3)4/h18,26-28H,7-17H2,1-6H3. The molecule has 1 aromatic rings. The molecule has 1 rings (SSSR count). The highest BCUT2D eigenvalue weighted by Crippen LogP contribution is 2.41. The Morgan fingerprint density at radius 1 is 0.643 bits per heavy atom. The zero-order valence-corrected chi connectivity index (χ0v) is 19.2. The van der Waals surface area contributed by atoms with Crippen molar-refractivity contribution in [1.29, 1.82) is 0 Å². The van der Waals surface area contributed by atoms with E-state index < -0.39 is 0 Å². The van der Waals surface area contributed by atoms with E-state index in [9.17, 15) is 15.3 Å². The van der Waals surface area contributed by atoms with Gasteiger partial charge in [0.05, 0.1) is 0 Å². The highest BCUT2D eigenvalue weighted by atomic mass is 16.3. The van der Waals surface area contributed by atoms with Gasteiger partial charge in [-0.15, -0.1) is 0 Å². The van der Waals surface area contributed by atoms with Crippen molar-refractivity contribution >= 4 is 0 Å². The van der Waals surface area contributed by atoms with Gasteiger partial charge in [-0.05, 0) is 66.5 Å². The third kappa shape index (κ3) is 8.75. The Morgan fingerprint density at radius 2 is 1.11 bits per heavy atom. The lowest BCUT2D eigenvalue weighted by atomic mass is 9.84. The van der Waals surface area contributed by atoms with Crippen LogP contribution in [0.15, 0.2) is 6.07 Å². The van der Waals surface area contributed by atoms with Crippen LogP contribution < -0.4 is 0 Å². The van der Waals surface area contributed by atoms with Crippen molar-refractivity contribution in [2.45, 2.75) is 112 Å². The van der Waals surface area contributed by atoms with E-state index in [0.29, 0.717) is 10.8 Å². The van der Waals surface area contributed by atoms with Crippen molar-refractivity contribution in [2.75, 3.05) is 0 Å². The van der Waals surface area contributed by atoms with Crippen LogP contribution in [0.3, 0.4) is 0 Å². The number of unbranched alkanes of at least 4 members (excludes halogenated alkanes) is 4. The number of aromatic hydroxyl groups is 3. The zero-order valence-electron chi connectivity index (χ0n) is 19.2. The first kappa shape index (κ1) is 24.7. The summed E-state index contributed by atoms with van der Waals surface area (Å²) in [5.41, 5.74) is 2.26. The van der Waals surface area contributed by atoms with E-state index in [-0.39, 0.29) is 17.2 Å². The number of rotatable bonds is 12. The summed E-state index contributed by atoms with van der Waals surface area (Å²) in [4.78, 5) is 0. The molecule has 0 aliphatic carbocycles. The van der Waals surface area contributed by atoms with E-state index in [1.54, 1.807) is 0 Å². The highest BCUT2D eigenvalue weighted by Gasteiger charge is 2.17. The molecule has 0 unspecified atom stereocenters. The lowest BCUT2D eigenvalue weighted by Gasteiger charge is -2.22. The number of hydrogen-bond donors (Lipinski definition) is 3. The Bertz CT molecular complexity index is 597. The molecular formula is C25H44O3. The van der Waals surface area contributed by atoms with Crippen LogP contribution in [-0.2, 0) is 12.8 Å². The first-order valence-electron chi connectivity index (χ1n) is 11.2. The summed E-state index contributed by atoms with van der Waals surface area (Å²) in [7, 11) is 0. The maximum absolute atomic E-state index is 10.2. The van der Waals surface area contributed by atoms with Gasteiger partial charge in [0, 0.05) is 0 Å². The van der Waals surface area contributed by atoms with E-state index in [4.69, 9.17) is 0 Å². The molecule has 0 atom stereocenters. The van der Waals surface area contributed by atoms with Gasteiger partial charge in [0.1, 0.15) is 0 Å². The van der Waals surface area contributed by atoms with Gasteiger partial charge >= 0.3 is 0 Å². The number of phenols is 3. The summed E-state index contributed by atoms with van der Waals surface area (Å²) in [5.74, 6) is -0.658. The summed E-state index contributed by atoms with van der Waals surface area (Å²) >= 11 is 0. The fraction of sp³-hybridized carbons (Fsp3) is 0.760. The van der Waals surface area contributed by atoms with Crippen LogP contribution in [0.1, 0.15) is 110 Å². The van der Waals surface area contributed by atoms with Crippen molar-refractivity contribution in [2.24, 2.45) is 10.8 Å². The average Bonchev–Trinajstić information content (AvgIpc) is 2.61. The fourth-order valence-corrected chi connectivity index (χ4v) is 3.56. The van der Waals surface area contributed by atoms with Crippen molar-refractivity contribution in [1.82, 2.24) is 0 Å². The third-order valence-corrected chi connectivity index (χ3v) is 6.04. The largest absolute Gasteiger partial charge is 0.504 e. The van der Waals surface area contributed by atoms with Gasteiger partial charge in [0.15, 0.2) is 11.5 Å². The molecule has 0 aromatic heterocycles. The van der Waals surface area contributed by atoms with Gasteiger partial charge < -0.3 is 15.3 Å². The molecule has 0 radical (unpaired) electrons. The summed E-state index contributed by atoms with van der Waals surface area (Å²) in [6.07, 6.45) is 11.7. The number of aryl methyl sites for hydroxylation is 2. The number of hydrogen-bond acceptors (Lipinski definition) is 3. The molecule has 3 N–H and O–H groups in total. The van der Waals surface area contributed by atoms with Crippen molar-refractivity contribution in [3.8, 4) is 17.2 Å². The molecule has 3 nitrogen and oxygen atoms in total. The molecule has 0 saturated heterocycles. The summed E-state index contributed by atoms with van der Waals surface area (Å²) in [5, 5.41) is 30.5. The van der Waals surface area contributed by atoms with E-state index in [2.05, 4.69) is 41.5 Å². The Balaban J connectivity index is 2.54. The van der Waals surface area contributed by atoms with Crippen LogP contribution in [0.2, 0.25) is 0 Å². The SMILES string of the molecule is CCC(C)(C)CCCCCCc1cc(CCCCC(C)(C)C)c(O)c(O)c1O. The Hall–Kier alpha value is -1.38. The van der Waals surface area contributed by atoms with E-state index in [1.165, 1.54) is 25.7 Å². The molecule has 0 spiro atoms. The van der Waals surface area contributed by atoms with Gasteiger partial charge in [-0.25, -0.2) is 0 Å². The lowest BCUT2D eigenvalue weighted by Crippen LogP contribution is -2.08. The van der Waals surface area contributed by atoms with Gasteiger partial charge in [-0.2, -0.15) is 0 Å². The second kappa shape index (κ2) is 11.0. The number of phenolic OH excluding ortho intramolecular Hbond substituents is 3. The molecule has 162 valence electrons. The van der Waals surface area contributed by atoms with Crippen LogP contribution in [0, 0.1) is 10.8 Å². The van der Waals surface area contributed by atoms with Crippen molar-refractivity contribution in [3.63, 3.8) is 0 Å². The second-order valence-corrected chi connectivity index (χ2v) is 10.4. The minimum Gasteiger partial charge on any atom is -0.504 e. The molecule has 0 aliphatic rings. The van der Waals surface area contributed by atoms with Crippen LogP contribution in [0.4, 0.5) is 0 Å². The van der Waals surface area contributed by atoms with Gasteiger partial charge in [-0.3, -0.25) is 0 Å². The van der Waals surface area contributed by atoms with Crippen LogP contribution in [0.25, 0.3) is 0 Å². The first-order valence-corrected chi connectivity index (χ1v) is 11.2. The molecule has 0 saturated carbocycles. The maximum Gasteiger partial charge on any atom is 0.200 e. The summed E-state index contributed by atoms with van der Waals surface area (Å²) in [6.45, 7) is 13.6. The monoisotopic (exact) mass is 392 g/mol. The molecule has 1 aromatic carbocycles. The van der Waals surface area contributed by atoms with E-state index in [0.717, 1.165) is 56.1 Å². The van der Waals surface area contributed by atoms with Gasteiger partial charge in [0.25, 0.3) is 0 Å². The van der Waals surface area contributed by atoms with Crippen molar-refractivity contribution in [3.05, 3.63) is 17.2 Å². The predicted octanol–water partition coefficient (Wildman–Crippen LogP) is 7.49. The van der Waals surface area contributed by atoms with Crippen molar-refractivity contribution < 1.29 is 15.3 Å². The van der Waals surface area contributed by atoms with E-state index >= 15 is 0 Å². The second-order valence-electron chi connectivity index (χ2n) is 10.4. The quantitative estimate of drug-likeness (QED) is 0.255. The van der Waals surface area contributed by atoms with Gasteiger partial charge in [-0.1, -0.05) is 73.6 Å². The minimum atomic E-state index is -0.354. The smallest absolute Gasteiger partial charge is 0.200 e. The highest BCUT2D eigenvalue weighted by molar-refractivity contribution is 5.57. The average molecular weight is 393 g/mol. The molecule has 0 heterocycles. The molecule has 0 bridgehead atoms. The summed E-state index contributed by atoms with van der Waals surface area (Å²) in [6, 6.07) is 1.89. The Labute approximate surface area is 173 Å². The Morgan fingerprint density at radius 3 is 1.61 bits per heavy atom. The number of benzene rings is 1. The third-order valence-electron chi connectivity index (χ3n) is 6.04.